The maximum Gasteiger partial charge on any atom is 0.261 e. The first-order valence-electron chi connectivity index (χ1n) is 5.25. The zero-order valence-electron chi connectivity index (χ0n) is 11.7. The smallest absolute Gasteiger partial charge is 0.261 e. The summed E-state index contributed by atoms with van der Waals surface area (Å²) in [5.74, 6) is -0.702. The molecule has 1 amide bonds. The Morgan fingerprint density at radius 3 is 1.64 bits per heavy atom. The first-order valence-corrected chi connectivity index (χ1v) is 8.95. The predicted molar refractivity (Wildman–Crippen MR) is 80.8 cm³/mol. The summed E-state index contributed by atoms with van der Waals surface area (Å²) in [5, 5.41) is 9.00. The van der Waals surface area contributed by atoms with Crippen LogP contribution in [-0.2, 0) is 20.2 Å². The molecule has 10 nitrogen and oxygen atoms in total. The summed E-state index contributed by atoms with van der Waals surface area (Å²) < 4.78 is 51.7. The molecule has 0 unspecified atom stereocenters. The Morgan fingerprint density at radius 1 is 1.05 bits per heavy atom. The number of nitrogens with two attached hydrogens (primary N) is 1. The van der Waals surface area contributed by atoms with Gasteiger partial charge in [0.05, 0.1) is 12.5 Å². The number of hydrogen-bond donors (Lipinski definition) is 5. The number of benzene rings is 1. The molecule has 0 spiro atoms. The van der Waals surface area contributed by atoms with Gasteiger partial charge < -0.3 is 5.73 Å². The number of carbonyl (C=O) groups excluding carboxylic acids is 1. The Labute approximate surface area is 128 Å². The van der Waals surface area contributed by atoms with Crippen LogP contribution in [0.25, 0.3) is 0 Å². The average Bonchev–Trinajstić information content (AvgIpc) is 2.24. The van der Waals surface area contributed by atoms with Crippen molar-refractivity contribution in [3.05, 3.63) is 35.9 Å². The molecule has 1 aromatic carbocycles. The van der Waals surface area contributed by atoms with Crippen molar-refractivity contribution >= 4 is 32.1 Å². The summed E-state index contributed by atoms with van der Waals surface area (Å²) in [5.41, 5.74) is 5.48. The van der Waals surface area contributed by atoms with E-state index in [1.165, 1.54) is 0 Å². The third kappa shape index (κ3) is 26.5. The van der Waals surface area contributed by atoms with Crippen molar-refractivity contribution in [1.82, 2.24) is 5.32 Å². The van der Waals surface area contributed by atoms with Gasteiger partial charge in [-0.1, -0.05) is 18.2 Å². The van der Waals surface area contributed by atoms with Crippen LogP contribution in [0.3, 0.4) is 0 Å². The van der Waals surface area contributed by atoms with Gasteiger partial charge >= 0.3 is 0 Å². The van der Waals surface area contributed by atoms with Crippen LogP contribution in [0.4, 0.5) is 0 Å². The molecule has 0 heterocycles. The van der Waals surface area contributed by atoms with Gasteiger partial charge in [-0.15, -0.1) is 0 Å². The fourth-order valence-electron chi connectivity index (χ4n) is 0.784. The zero-order chi connectivity index (χ0) is 18.0. The maximum atomic E-state index is 11.1. The van der Waals surface area contributed by atoms with E-state index in [4.69, 9.17) is 20.2 Å². The van der Waals surface area contributed by atoms with Gasteiger partial charge in [-0.2, -0.15) is 16.8 Å². The average molecular weight is 355 g/mol. The largest absolute Gasteiger partial charge is 0.370 e. The molecule has 0 aliphatic carbocycles. The van der Waals surface area contributed by atoms with Gasteiger partial charge in [0.2, 0.25) is 0 Å². The van der Waals surface area contributed by atoms with Gasteiger partial charge in [-0.25, -0.2) is 0 Å². The van der Waals surface area contributed by atoms with E-state index in [2.05, 4.69) is 5.32 Å². The Kier molecular flexibility index (Phi) is 9.95. The van der Waals surface area contributed by atoms with E-state index < -0.39 is 20.2 Å². The van der Waals surface area contributed by atoms with Crippen molar-refractivity contribution in [3.63, 3.8) is 0 Å². The SMILES string of the molecule is CS(=O)(=O)O.CS(=O)(=O)O.N=C(N)NC(=O)c1ccccc1. The fraction of sp³-hybridized carbons (Fsp3) is 0.200. The van der Waals surface area contributed by atoms with Crippen molar-refractivity contribution < 1.29 is 30.7 Å². The summed E-state index contributed by atoms with van der Waals surface area (Å²) in [6.45, 7) is 0. The molecule has 1 aromatic rings. The number of carbonyl (C=O) groups is 1. The predicted octanol–water partition coefficient (Wildman–Crippen LogP) is -0.682. The lowest BCUT2D eigenvalue weighted by Gasteiger charge is -2.00. The third-order valence-corrected chi connectivity index (χ3v) is 1.28. The number of hydrogen-bond acceptors (Lipinski definition) is 6. The lowest BCUT2D eigenvalue weighted by atomic mass is 10.2. The molecule has 0 aliphatic rings. The van der Waals surface area contributed by atoms with Crippen LogP contribution in [0.1, 0.15) is 10.4 Å². The molecular formula is C10H17N3O7S2. The molecule has 0 radical (unpaired) electrons. The fourth-order valence-corrected chi connectivity index (χ4v) is 0.784. The number of rotatable bonds is 1. The molecule has 0 aliphatic heterocycles. The van der Waals surface area contributed by atoms with Crippen LogP contribution in [0.5, 0.6) is 0 Å². The highest BCUT2D eigenvalue weighted by Crippen LogP contribution is 1.96. The number of guanidine groups is 1. The minimum absolute atomic E-state index is 0.344. The summed E-state index contributed by atoms with van der Waals surface area (Å²) in [6.07, 6.45) is 1.43. The lowest BCUT2D eigenvalue weighted by molar-refractivity contribution is 0.0976. The molecule has 0 saturated carbocycles. The molecule has 6 N–H and O–H groups in total. The van der Waals surface area contributed by atoms with E-state index in [1.54, 1.807) is 24.3 Å². The van der Waals surface area contributed by atoms with Gasteiger partial charge in [0.15, 0.2) is 5.96 Å². The van der Waals surface area contributed by atoms with E-state index in [0.29, 0.717) is 18.1 Å². The number of amides is 1. The molecule has 0 saturated heterocycles. The molecule has 22 heavy (non-hydrogen) atoms. The standard InChI is InChI=1S/C8H9N3O.2CH4O3S/c9-8(10)11-7(12)6-4-2-1-3-5-6;2*1-5(2,3)4/h1-5H,(H4,9,10,11,12);2*1H3,(H,2,3,4). The van der Waals surface area contributed by atoms with Crippen LogP contribution < -0.4 is 11.1 Å². The van der Waals surface area contributed by atoms with Gasteiger partial charge in [-0.3, -0.25) is 24.6 Å². The second kappa shape index (κ2) is 9.83. The topological polar surface area (TPSA) is 188 Å². The van der Waals surface area contributed by atoms with Crippen LogP contribution >= 0.6 is 0 Å². The second-order valence-corrected chi connectivity index (χ2v) is 6.63. The summed E-state index contributed by atoms with van der Waals surface area (Å²) >= 11 is 0. The van der Waals surface area contributed by atoms with Crippen molar-refractivity contribution in [3.8, 4) is 0 Å². The van der Waals surface area contributed by atoms with Crippen molar-refractivity contribution in [2.45, 2.75) is 0 Å². The van der Waals surface area contributed by atoms with E-state index in [-0.39, 0.29) is 11.9 Å². The molecule has 0 fully saturated rings. The van der Waals surface area contributed by atoms with Gasteiger partial charge in [-0.05, 0) is 12.1 Å². The first kappa shape index (κ1) is 22.3. The molecule has 1 rings (SSSR count). The first-order chi connectivity index (χ1) is 9.70. The Bertz CT molecular complexity index is 638. The molecule has 12 heteroatoms. The normalized spacial score (nSPS) is 10.2. The van der Waals surface area contributed by atoms with Crippen molar-refractivity contribution in [1.29, 1.82) is 5.41 Å². The summed E-state index contributed by atoms with van der Waals surface area (Å²) in [7, 11) is -7.33. The highest BCUT2D eigenvalue weighted by molar-refractivity contribution is 7.85. The zero-order valence-corrected chi connectivity index (χ0v) is 13.3. The minimum atomic E-state index is -3.67. The van der Waals surface area contributed by atoms with Crippen LogP contribution in [-0.4, -0.2) is 50.3 Å². The Morgan fingerprint density at radius 2 is 1.36 bits per heavy atom. The van der Waals surface area contributed by atoms with Crippen LogP contribution in [0, 0.1) is 5.41 Å². The molecule has 0 atom stereocenters. The highest BCUT2D eigenvalue weighted by Gasteiger charge is 2.03. The summed E-state index contributed by atoms with van der Waals surface area (Å²) in [6, 6.07) is 8.60. The second-order valence-electron chi connectivity index (χ2n) is 3.70. The third-order valence-electron chi connectivity index (χ3n) is 1.28. The quantitative estimate of drug-likeness (QED) is 0.249. The van der Waals surface area contributed by atoms with Gasteiger partial charge in [0.1, 0.15) is 0 Å². The monoisotopic (exact) mass is 355 g/mol. The lowest BCUT2D eigenvalue weighted by Crippen LogP contribution is -2.35. The van der Waals surface area contributed by atoms with Crippen molar-refractivity contribution in [2.24, 2.45) is 5.73 Å². The number of nitrogens with one attached hydrogen (secondary N) is 2. The minimum Gasteiger partial charge on any atom is -0.370 e. The highest BCUT2D eigenvalue weighted by atomic mass is 32.2. The van der Waals surface area contributed by atoms with E-state index in [1.807, 2.05) is 6.07 Å². The van der Waals surface area contributed by atoms with Gasteiger partial charge in [0, 0.05) is 5.56 Å². The molecule has 0 bridgehead atoms. The Hall–Kier alpha value is -2.02. The Balaban J connectivity index is 0. The van der Waals surface area contributed by atoms with Crippen LogP contribution in [0.15, 0.2) is 30.3 Å². The van der Waals surface area contributed by atoms with E-state index in [0.717, 1.165) is 0 Å². The molecular weight excluding hydrogens is 338 g/mol. The van der Waals surface area contributed by atoms with Crippen LogP contribution in [0.2, 0.25) is 0 Å². The maximum absolute atomic E-state index is 11.1. The molecule has 126 valence electrons. The summed E-state index contributed by atoms with van der Waals surface area (Å²) in [4.78, 5) is 11.1. The van der Waals surface area contributed by atoms with Crippen molar-refractivity contribution in [2.75, 3.05) is 12.5 Å². The molecule has 0 aromatic heterocycles. The van der Waals surface area contributed by atoms with E-state index in [9.17, 15) is 21.6 Å². The van der Waals surface area contributed by atoms with E-state index >= 15 is 0 Å². The van der Waals surface area contributed by atoms with Gasteiger partial charge in [0.25, 0.3) is 26.1 Å².